The van der Waals surface area contributed by atoms with Gasteiger partial charge in [-0.2, -0.15) is 0 Å². The Bertz CT molecular complexity index is 475. The second kappa shape index (κ2) is 6.70. The van der Waals surface area contributed by atoms with Crippen molar-refractivity contribution in [2.75, 3.05) is 0 Å². The molecule has 0 bridgehead atoms. The van der Waals surface area contributed by atoms with Gasteiger partial charge in [0.2, 0.25) is 5.75 Å². The van der Waals surface area contributed by atoms with Crippen LogP contribution in [-0.2, 0) is 9.59 Å². The summed E-state index contributed by atoms with van der Waals surface area (Å²) < 4.78 is 4.86. The fourth-order valence-electron chi connectivity index (χ4n) is 1.24. The van der Waals surface area contributed by atoms with E-state index in [-0.39, 0.29) is 29.3 Å². The van der Waals surface area contributed by atoms with Gasteiger partial charge < -0.3 is 9.53 Å². The van der Waals surface area contributed by atoms with E-state index in [1.54, 1.807) is 0 Å². The molecule has 1 aromatic carbocycles. The van der Waals surface area contributed by atoms with Crippen LogP contribution >= 0.6 is 11.6 Å². The molecule has 0 radical (unpaired) electrons. The highest BCUT2D eigenvalue weighted by atomic mass is 35.5. The second-order valence-corrected chi connectivity index (χ2v) is 3.79. The van der Waals surface area contributed by atoms with Gasteiger partial charge in [-0.1, -0.05) is 17.7 Å². The maximum Gasteiger partial charge on any atom is 0.313 e. The number of para-hydroxylation sites is 1. The van der Waals surface area contributed by atoms with Gasteiger partial charge in [0.05, 0.1) is 9.95 Å². The van der Waals surface area contributed by atoms with Gasteiger partial charge in [-0.05, 0) is 12.5 Å². The van der Waals surface area contributed by atoms with E-state index in [1.165, 1.54) is 18.2 Å². The normalized spacial score (nSPS) is 9.83. The van der Waals surface area contributed by atoms with Crippen molar-refractivity contribution >= 4 is 29.5 Å². The van der Waals surface area contributed by atoms with Crippen LogP contribution in [0.4, 0.5) is 5.69 Å². The van der Waals surface area contributed by atoms with Gasteiger partial charge in [0.1, 0.15) is 6.29 Å². The first-order chi connectivity index (χ1) is 8.56. The number of nitrogens with zero attached hydrogens (tertiary/aromatic N) is 1. The number of unbranched alkanes of at least 4 members (excludes halogenated alkanes) is 1. The van der Waals surface area contributed by atoms with E-state index in [0.29, 0.717) is 12.7 Å². The van der Waals surface area contributed by atoms with Crippen molar-refractivity contribution in [3.05, 3.63) is 33.3 Å². The number of esters is 1. The Morgan fingerprint density at radius 2 is 2.22 bits per heavy atom. The first-order valence-electron chi connectivity index (χ1n) is 5.13. The Morgan fingerprint density at radius 1 is 1.50 bits per heavy atom. The average Bonchev–Trinajstić information content (AvgIpc) is 2.31. The molecule has 0 unspecified atom stereocenters. The quantitative estimate of drug-likeness (QED) is 0.198. The smallest absolute Gasteiger partial charge is 0.313 e. The maximum atomic E-state index is 11.4. The molecule has 0 amide bonds. The maximum absolute atomic E-state index is 11.4. The second-order valence-electron chi connectivity index (χ2n) is 3.38. The highest BCUT2D eigenvalue weighted by Crippen LogP contribution is 2.34. The lowest BCUT2D eigenvalue weighted by atomic mass is 10.2. The topological polar surface area (TPSA) is 86.5 Å². The van der Waals surface area contributed by atoms with Crippen LogP contribution < -0.4 is 4.74 Å². The van der Waals surface area contributed by atoms with Gasteiger partial charge in [0, 0.05) is 18.9 Å². The van der Waals surface area contributed by atoms with E-state index in [4.69, 9.17) is 16.3 Å². The number of hydrogen-bond donors (Lipinski definition) is 0. The number of nitro benzene ring substituents is 1. The first-order valence-corrected chi connectivity index (χ1v) is 5.51. The lowest BCUT2D eigenvalue weighted by molar-refractivity contribution is -0.385. The van der Waals surface area contributed by atoms with Gasteiger partial charge in [0.25, 0.3) is 0 Å². The number of halogens is 1. The van der Waals surface area contributed by atoms with Crippen molar-refractivity contribution < 1.29 is 19.2 Å². The SMILES string of the molecule is O=CCCCC(=O)Oc1c(Cl)cccc1[N+](=O)[O-]. The molecular formula is C11H10ClNO5. The molecule has 7 heteroatoms. The molecule has 0 atom stereocenters. The standard InChI is InChI=1S/C11H10ClNO5/c12-8-4-3-5-9(13(16)17)11(8)18-10(15)6-1-2-7-14/h3-5,7H,1-2,6H2. The van der Waals surface area contributed by atoms with Crippen LogP contribution in [0.1, 0.15) is 19.3 Å². The van der Waals surface area contributed by atoms with Crippen LogP contribution in [0.15, 0.2) is 18.2 Å². The van der Waals surface area contributed by atoms with E-state index >= 15 is 0 Å². The number of rotatable bonds is 6. The van der Waals surface area contributed by atoms with Gasteiger partial charge in [-0.3, -0.25) is 14.9 Å². The van der Waals surface area contributed by atoms with Crippen LogP contribution in [0.2, 0.25) is 5.02 Å². The molecule has 6 nitrogen and oxygen atoms in total. The van der Waals surface area contributed by atoms with E-state index in [1.807, 2.05) is 0 Å². The molecule has 1 rings (SSSR count). The molecule has 0 heterocycles. The monoisotopic (exact) mass is 271 g/mol. The summed E-state index contributed by atoms with van der Waals surface area (Å²) >= 11 is 5.74. The molecule has 0 aliphatic heterocycles. The summed E-state index contributed by atoms with van der Waals surface area (Å²) in [4.78, 5) is 31.5. The van der Waals surface area contributed by atoms with Crippen LogP contribution in [0.25, 0.3) is 0 Å². The Kier molecular flexibility index (Phi) is 5.26. The number of aldehydes is 1. The molecule has 0 aliphatic rings. The molecule has 0 saturated carbocycles. The van der Waals surface area contributed by atoms with Gasteiger partial charge >= 0.3 is 11.7 Å². The largest absolute Gasteiger partial charge is 0.418 e. The van der Waals surface area contributed by atoms with Crippen molar-refractivity contribution in [3.63, 3.8) is 0 Å². The number of benzene rings is 1. The van der Waals surface area contributed by atoms with Crippen molar-refractivity contribution in [1.29, 1.82) is 0 Å². The number of ether oxygens (including phenoxy) is 1. The molecule has 0 spiro atoms. The van der Waals surface area contributed by atoms with Gasteiger partial charge in [-0.25, -0.2) is 0 Å². The third kappa shape index (κ3) is 3.81. The Hall–Kier alpha value is -1.95. The minimum Gasteiger partial charge on any atom is -0.418 e. The third-order valence-corrected chi connectivity index (χ3v) is 2.36. The minimum atomic E-state index is -0.681. The summed E-state index contributed by atoms with van der Waals surface area (Å²) in [5.74, 6) is -0.923. The molecule has 18 heavy (non-hydrogen) atoms. The fourth-order valence-corrected chi connectivity index (χ4v) is 1.44. The van der Waals surface area contributed by atoms with Crippen molar-refractivity contribution in [2.24, 2.45) is 0 Å². The predicted molar refractivity (Wildman–Crippen MR) is 63.7 cm³/mol. The summed E-state index contributed by atoms with van der Waals surface area (Å²) in [6.07, 6.45) is 1.26. The zero-order valence-electron chi connectivity index (χ0n) is 9.30. The number of carbonyl (C=O) groups is 2. The zero-order chi connectivity index (χ0) is 13.5. The van der Waals surface area contributed by atoms with Gasteiger partial charge in [-0.15, -0.1) is 0 Å². The Morgan fingerprint density at radius 3 is 2.83 bits per heavy atom. The first kappa shape index (κ1) is 14.1. The van der Waals surface area contributed by atoms with Crippen LogP contribution in [0.3, 0.4) is 0 Å². The summed E-state index contributed by atoms with van der Waals surface area (Å²) in [5.41, 5.74) is -0.369. The predicted octanol–water partition coefficient (Wildman–Crippen LogP) is 2.52. The lowest BCUT2D eigenvalue weighted by Crippen LogP contribution is -2.09. The third-order valence-electron chi connectivity index (χ3n) is 2.06. The van der Waals surface area contributed by atoms with E-state index in [0.717, 1.165) is 0 Å². The summed E-state index contributed by atoms with van der Waals surface area (Å²) in [6, 6.07) is 3.98. The van der Waals surface area contributed by atoms with Crippen molar-refractivity contribution in [2.45, 2.75) is 19.3 Å². The van der Waals surface area contributed by atoms with Crippen LogP contribution in [0.5, 0.6) is 5.75 Å². The lowest BCUT2D eigenvalue weighted by Gasteiger charge is -2.05. The summed E-state index contributed by atoms with van der Waals surface area (Å²) in [6.45, 7) is 0. The van der Waals surface area contributed by atoms with Gasteiger partial charge in [0.15, 0.2) is 0 Å². The van der Waals surface area contributed by atoms with Crippen LogP contribution in [0, 0.1) is 10.1 Å². The highest BCUT2D eigenvalue weighted by Gasteiger charge is 2.20. The van der Waals surface area contributed by atoms with Crippen molar-refractivity contribution in [1.82, 2.24) is 0 Å². The molecule has 0 N–H and O–H groups in total. The van der Waals surface area contributed by atoms with E-state index in [9.17, 15) is 19.7 Å². The molecule has 0 aromatic heterocycles. The Balaban J connectivity index is 2.80. The molecule has 0 aliphatic carbocycles. The molecule has 1 aromatic rings. The number of carbonyl (C=O) groups excluding carboxylic acids is 2. The highest BCUT2D eigenvalue weighted by molar-refractivity contribution is 6.32. The minimum absolute atomic E-state index is 0.00111. The average molecular weight is 272 g/mol. The zero-order valence-corrected chi connectivity index (χ0v) is 10.1. The fraction of sp³-hybridized carbons (Fsp3) is 0.273. The Labute approximate surface area is 108 Å². The molecule has 0 fully saturated rings. The van der Waals surface area contributed by atoms with Crippen LogP contribution in [-0.4, -0.2) is 17.2 Å². The summed E-state index contributed by atoms with van der Waals surface area (Å²) in [5, 5.41) is 10.7. The molecule has 96 valence electrons. The summed E-state index contributed by atoms with van der Waals surface area (Å²) in [7, 11) is 0. The van der Waals surface area contributed by atoms with E-state index in [2.05, 4.69) is 0 Å². The number of hydrogen-bond acceptors (Lipinski definition) is 5. The van der Waals surface area contributed by atoms with E-state index < -0.39 is 10.9 Å². The molecule has 0 saturated heterocycles. The number of nitro groups is 1. The molecular weight excluding hydrogens is 262 g/mol. The van der Waals surface area contributed by atoms with Crippen molar-refractivity contribution in [3.8, 4) is 5.75 Å².